The van der Waals surface area contributed by atoms with Gasteiger partial charge >= 0.3 is 0 Å². The molecule has 0 aromatic rings. The number of amides is 1. The zero-order chi connectivity index (χ0) is 13.8. The molecular weight excluding hydrogens is 234 g/mol. The highest BCUT2D eigenvalue weighted by atomic mass is 16.1. The van der Waals surface area contributed by atoms with Gasteiger partial charge in [-0.3, -0.25) is 4.79 Å². The fourth-order valence-electron chi connectivity index (χ4n) is 2.18. The number of carbonyl (C=O) groups is 1. The lowest BCUT2D eigenvalue weighted by molar-refractivity contribution is -0.121. The molecule has 0 bridgehead atoms. The highest BCUT2D eigenvalue weighted by Gasteiger charge is 2.02. The van der Waals surface area contributed by atoms with E-state index in [9.17, 15) is 4.79 Å². The van der Waals surface area contributed by atoms with Crippen LogP contribution in [0, 0.1) is 0 Å². The van der Waals surface area contributed by atoms with E-state index in [1.165, 1.54) is 37.7 Å². The van der Waals surface area contributed by atoms with Crippen LogP contribution in [0.15, 0.2) is 29.5 Å². The van der Waals surface area contributed by atoms with Gasteiger partial charge in [-0.1, -0.05) is 51.2 Å². The number of hydrogen-bond acceptors (Lipinski definition) is 1. The van der Waals surface area contributed by atoms with Crippen molar-refractivity contribution in [1.29, 1.82) is 0 Å². The van der Waals surface area contributed by atoms with Gasteiger partial charge in [-0.05, 0) is 30.9 Å². The van der Waals surface area contributed by atoms with Crippen molar-refractivity contribution in [3.8, 4) is 0 Å². The van der Waals surface area contributed by atoms with Crippen LogP contribution in [-0.2, 0) is 4.79 Å². The first-order valence-corrected chi connectivity index (χ1v) is 7.72. The Morgan fingerprint density at radius 1 is 1.16 bits per heavy atom. The summed E-state index contributed by atoms with van der Waals surface area (Å²) in [5, 5.41) is 3.00. The molecule has 0 atom stereocenters. The lowest BCUT2D eigenvalue weighted by Gasteiger charge is -2.05. The Morgan fingerprint density at radius 2 is 1.95 bits per heavy atom. The molecule has 1 N–H and O–H groups in total. The maximum absolute atomic E-state index is 11.6. The van der Waals surface area contributed by atoms with Crippen molar-refractivity contribution in [3.63, 3.8) is 0 Å². The van der Waals surface area contributed by atoms with Crippen LogP contribution in [0.1, 0.15) is 64.7 Å². The Hall–Kier alpha value is -1.27. The Morgan fingerprint density at radius 3 is 2.68 bits per heavy atom. The molecule has 2 nitrogen and oxygen atoms in total. The summed E-state index contributed by atoms with van der Waals surface area (Å²) < 4.78 is 0. The molecule has 106 valence electrons. The lowest BCUT2D eigenvalue weighted by Crippen LogP contribution is -2.23. The van der Waals surface area contributed by atoms with Crippen LogP contribution in [0.4, 0.5) is 0 Å². The number of rotatable bonds is 11. The van der Waals surface area contributed by atoms with E-state index in [1.807, 2.05) is 12.2 Å². The molecule has 1 rings (SSSR count). The van der Waals surface area contributed by atoms with E-state index < -0.39 is 0 Å². The lowest BCUT2D eigenvalue weighted by atomic mass is 10.1. The molecule has 0 aliphatic heterocycles. The molecule has 1 amide bonds. The number of unbranched alkanes of at least 4 members (excludes halogenated alkanes) is 5. The summed E-state index contributed by atoms with van der Waals surface area (Å²) in [5.74, 6) is 0.195. The molecule has 0 unspecified atom stereocenters. The van der Waals surface area contributed by atoms with Crippen LogP contribution >= 0.6 is 0 Å². The average molecular weight is 261 g/mol. The third-order valence-electron chi connectivity index (χ3n) is 3.36. The fourth-order valence-corrected chi connectivity index (χ4v) is 2.18. The van der Waals surface area contributed by atoms with Gasteiger partial charge in [-0.2, -0.15) is 0 Å². The second-order valence-corrected chi connectivity index (χ2v) is 5.17. The standard InChI is InChI=1S/C17H27NO/c1-2-3-4-5-6-9-15-18-17(19)14-10-13-16-11-7-8-12-16/h7-8,11H,2-6,9-10,13-15H2,1H3,(H,18,19). The molecule has 0 saturated carbocycles. The second-order valence-electron chi connectivity index (χ2n) is 5.17. The molecule has 0 saturated heterocycles. The van der Waals surface area contributed by atoms with Crippen molar-refractivity contribution >= 4 is 5.91 Å². The summed E-state index contributed by atoms with van der Waals surface area (Å²) in [6.45, 7) is 3.07. The monoisotopic (exact) mass is 261 g/mol. The molecule has 1 aliphatic carbocycles. The van der Waals surface area contributed by atoms with Crippen LogP contribution in [0.2, 0.25) is 0 Å². The SMILES string of the molecule is CCCCCCCCNC(=O)CCCC1=C=CC=C1. The van der Waals surface area contributed by atoms with E-state index >= 15 is 0 Å². The van der Waals surface area contributed by atoms with Crippen LogP contribution in [-0.4, -0.2) is 12.5 Å². The average Bonchev–Trinajstić information content (AvgIpc) is 2.91. The quantitative estimate of drug-likeness (QED) is 0.436. The Balaban J connectivity index is 1.88. The van der Waals surface area contributed by atoms with Crippen LogP contribution < -0.4 is 5.32 Å². The fraction of sp³-hybridized carbons (Fsp3) is 0.647. The minimum atomic E-state index is 0.195. The van der Waals surface area contributed by atoms with E-state index in [0.29, 0.717) is 6.42 Å². The summed E-state index contributed by atoms with van der Waals surface area (Å²) in [6, 6.07) is 0. The van der Waals surface area contributed by atoms with Gasteiger partial charge in [0.2, 0.25) is 5.91 Å². The maximum Gasteiger partial charge on any atom is 0.220 e. The molecule has 0 aromatic carbocycles. The summed E-state index contributed by atoms with van der Waals surface area (Å²) in [7, 11) is 0. The van der Waals surface area contributed by atoms with E-state index in [0.717, 1.165) is 25.8 Å². The summed E-state index contributed by atoms with van der Waals surface area (Å²) in [4.78, 5) is 11.6. The highest BCUT2D eigenvalue weighted by molar-refractivity contribution is 5.75. The van der Waals surface area contributed by atoms with Crippen molar-refractivity contribution in [1.82, 2.24) is 5.32 Å². The van der Waals surface area contributed by atoms with Crippen LogP contribution in [0.25, 0.3) is 0 Å². The van der Waals surface area contributed by atoms with Crippen LogP contribution in [0.3, 0.4) is 0 Å². The first-order valence-electron chi connectivity index (χ1n) is 7.72. The third-order valence-corrected chi connectivity index (χ3v) is 3.36. The summed E-state index contributed by atoms with van der Waals surface area (Å²) in [6.07, 6.45) is 16.1. The topological polar surface area (TPSA) is 29.1 Å². The van der Waals surface area contributed by atoms with Crippen molar-refractivity contribution in [2.24, 2.45) is 0 Å². The molecule has 0 heterocycles. The molecule has 1 aliphatic rings. The van der Waals surface area contributed by atoms with Crippen molar-refractivity contribution < 1.29 is 4.79 Å². The van der Waals surface area contributed by atoms with Crippen molar-refractivity contribution in [2.75, 3.05) is 6.54 Å². The highest BCUT2D eigenvalue weighted by Crippen LogP contribution is 2.11. The number of hydrogen-bond donors (Lipinski definition) is 1. The molecule has 2 heteroatoms. The summed E-state index contributed by atoms with van der Waals surface area (Å²) in [5.41, 5.74) is 4.37. The Kier molecular flexibility index (Phi) is 8.84. The molecule has 0 aromatic heterocycles. The first-order chi connectivity index (χ1) is 9.33. The number of nitrogens with one attached hydrogen (secondary N) is 1. The molecular formula is C17H27NO. The van der Waals surface area contributed by atoms with Crippen molar-refractivity contribution in [2.45, 2.75) is 64.7 Å². The largest absolute Gasteiger partial charge is 0.356 e. The predicted octanol–water partition coefficient (Wildman–Crippen LogP) is 4.28. The van der Waals surface area contributed by atoms with Gasteiger partial charge in [0, 0.05) is 13.0 Å². The predicted molar refractivity (Wildman–Crippen MR) is 81.0 cm³/mol. The summed E-state index contributed by atoms with van der Waals surface area (Å²) >= 11 is 0. The van der Waals surface area contributed by atoms with Gasteiger partial charge in [0.05, 0.1) is 0 Å². The second kappa shape index (κ2) is 10.6. The van der Waals surface area contributed by atoms with E-state index in [2.05, 4.69) is 24.0 Å². The Labute approximate surface area is 117 Å². The zero-order valence-corrected chi connectivity index (χ0v) is 12.2. The van der Waals surface area contributed by atoms with Gasteiger partial charge < -0.3 is 5.32 Å². The smallest absolute Gasteiger partial charge is 0.220 e. The van der Waals surface area contributed by atoms with E-state index in [4.69, 9.17) is 0 Å². The first kappa shape index (κ1) is 15.8. The van der Waals surface area contributed by atoms with Gasteiger partial charge in [0.1, 0.15) is 0 Å². The van der Waals surface area contributed by atoms with E-state index in [1.54, 1.807) is 0 Å². The Bertz CT molecular complexity index is 348. The van der Waals surface area contributed by atoms with Crippen LogP contribution in [0.5, 0.6) is 0 Å². The van der Waals surface area contributed by atoms with Gasteiger partial charge in [-0.15, -0.1) is 5.73 Å². The van der Waals surface area contributed by atoms with Crippen molar-refractivity contribution in [3.05, 3.63) is 29.5 Å². The minimum Gasteiger partial charge on any atom is -0.356 e. The maximum atomic E-state index is 11.6. The zero-order valence-electron chi connectivity index (χ0n) is 12.2. The minimum absolute atomic E-state index is 0.195. The molecule has 0 spiro atoms. The number of carbonyl (C=O) groups excluding carboxylic acids is 1. The molecule has 19 heavy (non-hydrogen) atoms. The normalized spacial score (nSPS) is 12.8. The molecule has 0 fully saturated rings. The van der Waals surface area contributed by atoms with Gasteiger partial charge in [0.15, 0.2) is 0 Å². The third kappa shape index (κ3) is 8.45. The molecule has 0 radical (unpaired) electrons. The number of allylic oxidation sites excluding steroid dienone is 3. The van der Waals surface area contributed by atoms with E-state index in [-0.39, 0.29) is 5.91 Å². The van der Waals surface area contributed by atoms with Gasteiger partial charge in [0.25, 0.3) is 0 Å². The van der Waals surface area contributed by atoms with Gasteiger partial charge in [-0.25, -0.2) is 0 Å².